The molecular weight excluding hydrogens is 538 g/mol. The number of non-ortho nitro benzene ring substituents is 1. The Hall–Kier alpha value is -5.31. The lowest BCUT2D eigenvalue weighted by molar-refractivity contribution is -0.384. The molecule has 0 bridgehead atoms. The van der Waals surface area contributed by atoms with E-state index in [1.807, 2.05) is 24.3 Å². The molecule has 1 heterocycles. The van der Waals surface area contributed by atoms with E-state index < -0.39 is 65.5 Å². The summed E-state index contributed by atoms with van der Waals surface area (Å²) in [4.78, 5) is 74.9. The summed E-state index contributed by atoms with van der Waals surface area (Å²) in [7, 11) is 0. The summed E-state index contributed by atoms with van der Waals surface area (Å²) >= 11 is 0. The summed E-state index contributed by atoms with van der Waals surface area (Å²) in [6.45, 7) is 0. The van der Waals surface area contributed by atoms with E-state index in [1.165, 1.54) is 12.1 Å². The minimum Gasteiger partial charge on any atom is -0.481 e. The highest BCUT2D eigenvalue weighted by molar-refractivity contribution is 6.01. The molecule has 2 aromatic carbocycles. The molecule has 4 amide bonds. The summed E-state index contributed by atoms with van der Waals surface area (Å²) < 4.78 is 0. The number of amides is 4. The predicted octanol–water partition coefficient (Wildman–Crippen LogP) is 0.294. The Balaban J connectivity index is 1.71. The molecule has 0 fully saturated rings. The first-order chi connectivity index (χ1) is 19.4. The number of fused-ring (bicyclic) bond motifs is 1. The zero-order valence-corrected chi connectivity index (χ0v) is 21.7. The number of aromatic nitrogens is 1. The van der Waals surface area contributed by atoms with Crippen molar-refractivity contribution in [3.05, 3.63) is 70.4 Å². The molecular formula is C26H29N7O8. The standard InChI is InChI=1S/C26H29N7O8/c27-18(11-14-13-29-19-4-2-1-3-17(14)19)24(37)31-20(9-10-23(35)36)25(38)32-21(12-22(28)34)26(39)30-15-5-7-16(8-6-15)33(40)41/h1-8,13,18,20-21,29H,9-12,27H2,(H2,28,34)(H,30,39)(H,31,37)(H,32,38)(H,35,36)/t18-,20-,21-/m0/s1. The van der Waals surface area contributed by atoms with Gasteiger partial charge in [-0.3, -0.25) is 34.1 Å². The van der Waals surface area contributed by atoms with Gasteiger partial charge in [0, 0.05) is 41.3 Å². The minimum atomic E-state index is -1.50. The maximum Gasteiger partial charge on any atom is 0.303 e. The van der Waals surface area contributed by atoms with E-state index in [0.29, 0.717) is 0 Å². The van der Waals surface area contributed by atoms with Gasteiger partial charge in [-0.1, -0.05) is 18.2 Å². The summed E-state index contributed by atoms with van der Waals surface area (Å²) in [5, 5.41) is 28.0. The number of hydrogen-bond acceptors (Lipinski definition) is 8. The fourth-order valence-electron chi connectivity index (χ4n) is 4.02. The molecule has 0 aliphatic carbocycles. The molecule has 0 saturated heterocycles. The number of carbonyl (C=O) groups is 5. The third-order valence-electron chi connectivity index (χ3n) is 6.12. The molecule has 3 rings (SSSR count). The van der Waals surface area contributed by atoms with Crippen LogP contribution in [0.5, 0.6) is 0 Å². The summed E-state index contributed by atoms with van der Waals surface area (Å²) in [5.41, 5.74) is 12.9. The van der Waals surface area contributed by atoms with E-state index in [4.69, 9.17) is 16.6 Å². The molecule has 15 nitrogen and oxygen atoms in total. The largest absolute Gasteiger partial charge is 0.481 e. The van der Waals surface area contributed by atoms with Crippen molar-refractivity contribution < 1.29 is 34.0 Å². The molecule has 0 aliphatic rings. The topological polar surface area (TPSA) is 253 Å². The number of hydrogen-bond donors (Lipinski definition) is 7. The van der Waals surface area contributed by atoms with Gasteiger partial charge in [-0.25, -0.2) is 0 Å². The third-order valence-corrected chi connectivity index (χ3v) is 6.12. The molecule has 0 aliphatic heterocycles. The zero-order chi connectivity index (χ0) is 30.1. The van der Waals surface area contributed by atoms with E-state index in [9.17, 15) is 34.1 Å². The maximum atomic E-state index is 13.1. The molecule has 0 saturated carbocycles. The Morgan fingerprint density at radius 3 is 2.24 bits per heavy atom. The lowest BCUT2D eigenvalue weighted by Gasteiger charge is -2.23. The molecule has 216 valence electrons. The van der Waals surface area contributed by atoms with Crippen LogP contribution in [0, 0.1) is 10.1 Å². The number of carbonyl (C=O) groups excluding carboxylic acids is 4. The Bertz CT molecular complexity index is 1450. The maximum absolute atomic E-state index is 13.1. The van der Waals surface area contributed by atoms with Gasteiger partial charge in [0.2, 0.25) is 23.6 Å². The number of nitrogens with one attached hydrogen (secondary N) is 4. The lowest BCUT2D eigenvalue weighted by atomic mass is 10.0. The number of nitro benzene ring substituents is 1. The number of para-hydroxylation sites is 1. The molecule has 3 atom stereocenters. The van der Waals surface area contributed by atoms with Gasteiger partial charge in [0.25, 0.3) is 5.69 Å². The van der Waals surface area contributed by atoms with Crippen molar-refractivity contribution in [1.29, 1.82) is 0 Å². The highest BCUT2D eigenvalue weighted by atomic mass is 16.6. The number of nitro groups is 1. The summed E-state index contributed by atoms with van der Waals surface area (Å²) in [6, 6.07) is 8.19. The number of nitrogens with zero attached hydrogens (tertiary/aromatic N) is 1. The fourth-order valence-corrected chi connectivity index (χ4v) is 4.02. The monoisotopic (exact) mass is 567 g/mol. The first kappa shape index (κ1) is 30.2. The van der Waals surface area contributed by atoms with Crippen LogP contribution in [0.25, 0.3) is 10.9 Å². The number of carboxylic acid groups (broad SMARTS) is 1. The first-order valence-corrected chi connectivity index (χ1v) is 12.4. The van der Waals surface area contributed by atoms with Crippen molar-refractivity contribution in [3.63, 3.8) is 0 Å². The van der Waals surface area contributed by atoms with Crippen molar-refractivity contribution in [2.24, 2.45) is 11.5 Å². The van der Waals surface area contributed by atoms with Crippen LogP contribution in [0.3, 0.4) is 0 Å². The van der Waals surface area contributed by atoms with Crippen molar-refractivity contribution in [2.45, 2.75) is 43.8 Å². The van der Waals surface area contributed by atoms with Crippen LogP contribution in [0.4, 0.5) is 11.4 Å². The highest BCUT2D eigenvalue weighted by Gasteiger charge is 2.30. The van der Waals surface area contributed by atoms with E-state index in [1.54, 1.807) is 6.20 Å². The van der Waals surface area contributed by atoms with Crippen LogP contribution in [-0.2, 0) is 30.4 Å². The second-order valence-corrected chi connectivity index (χ2v) is 9.19. The number of aliphatic carboxylic acids is 1. The smallest absolute Gasteiger partial charge is 0.303 e. The number of carboxylic acids is 1. The van der Waals surface area contributed by atoms with Crippen molar-refractivity contribution in [1.82, 2.24) is 15.6 Å². The predicted molar refractivity (Wildman–Crippen MR) is 146 cm³/mol. The van der Waals surface area contributed by atoms with Gasteiger partial charge in [0.1, 0.15) is 12.1 Å². The average Bonchev–Trinajstić information content (AvgIpc) is 3.32. The Morgan fingerprint density at radius 1 is 0.951 bits per heavy atom. The lowest BCUT2D eigenvalue weighted by Crippen LogP contribution is -2.56. The molecule has 9 N–H and O–H groups in total. The van der Waals surface area contributed by atoms with Gasteiger partial charge >= 0.3 is 5.97 Å². The first-order valence-electron chi connectivity index (χ1n) is 12.4. The number of anilines is 1. The SMILES string of the molecule is NC(=O)C[C@H](NC(=O)[C@H](CCC(=O)O)NC(=O)[C@@H](N)Cc1c[nH]c2ccccc12)C(=O)Nc1ccc([N+](=O)[O-])cc1. The van der Waals surface area contributed by atoms with Crippen LogP contribution >= 0.6 is 0 Å². The number of nitrogens with two attached hydrogens (primary N) is 2. The van der Waals surface area contributed by atoms with Crippen molar-refractivity contribution >= 4 is 51.9 Å². The fraction of sp³-hybridized carbons (Fsp3) is 0.269. The quantitative estimate of drug-likeness (QED) is 0.104. The molecule has 0 unspecified atom stereocenters. The minimum absolute atomic E-state index is 0.116. The Kier molecular flexibility index (Phi) is 10.1. The van der Waals surface area contributed by atoms with Crippen LogP contribution < -0.4 is 27.4 Å². The van der Waals surface area contributed by atoms with Gasteiger partial charge < -0.3 is 37.5 Å². The van der Waals surface area contributed by atoms with Crippen molar-refractivity contribution in [3.8, 4) is 0 Å². The van der Waals surface area contributed by atoms with Gasteiger partial charge in [0.05, 0.1) is 17.4 Å². The number of primary amides is 1. The van der Waals surface area contributed by atoms with Gasteiger partial charge in [0.15, 0.2) is 0 Å². The molecule has 0 spiro atoms. The molecule has 1 aromatic heterocycles. The average molecular weight is 568 g/mol. The third kappa shape index (κ3) is 8.59. The highest BCUT2D eigenvalue weighted by Crippen LogP contribution is 2.19. The van der Waals surface area contributed by atoms with Crippen LogP contribution in [0.15, 0.2) is 54.7 Å². The molecule has 3 aromatic rings. The molecule has 41 heavy (non-hydrogen) atoms. The number of rotatable bonds is 14. The van der Waals surface area contributed by atoms with E-state index in [-0.39, 0.29) is 24.2 Å². The van der Waals surface area contributed by atoms with Crippen LogP contribution in [-0.4, -0.2) is 62.7 Å². The Morgan fingerprint density at radius 2 is 1.61 bits per heavy atom. The number of aromatic amines is 1. The van der Waals surface area contributed by atoms with E-state index in [0.717, 1.165) is 28.6 Å². The van der Waals surface area contributed by atoms with Crippen molar-refractivity contribution in [2.75, 3.05) is 5.32 Å². The summed E-state index contributed by atoms with van der Waals surface area (Å²) in [5.74, 6) is -4.71. The van der Waals surface area contributed by atoms with Gasteiger partial charge in [-0.05, 0) is 36.6 Å². The van der Waals surface area contributed by atoms with Gasteiger partial charge in [-0.2, -0.15) is 0 Å². The summed E-state index contributed by atoms with van der Waals surface area (Å²) in [6.07, 6.45) is 0.380. The Labute approximate surface area is 232 Å². The molecule has 15 heteroatoms. The van der Waals surface area contributed by atoms with Gasteiger partial charge in [-0.15, -0.1) is 0 Å². The van der Waals surface area contributed by atoms with E-state index >= 15 is 0 Å². The second kappa shape index (κ2) is 13.7. The van der Waals surface area contributed by atoms with E-state index in [2.05, 4.69) is 20.9 Å². The number of H-pyrrole nitrogens is 1. The molecule has 0 radical (unpaired) electrons. The second-order valence-electron chi connectivity index (χ2n) is 9.19. The van der Waals surface area contributed by atoms with Crippen LogP contribution in [0.2, 0.25) is 0 Å². The normalized spacial score (nSPS) is 13.0. The zero-order valence-electron chi connectivity index (χ0n) is 21.7. The number of benzene rings is 2. The van der Waals surface area contributed by atoms with Crippen LogP contribution in [0.1, 0.15) is 24.8 Å².